The van der Waals surface area contributed by atoms with Gasteiger partial charge in [-0.1, -0.05) is 6.07 Å². The number of nitrogens with one attached hydrogen (secondary N) is 1. The van der Waals surface area contributed by atoms with Crippen molar-refractivity contribution in [1.29, 1.82) is 0 Å². The molecule has 8 heteroatoms. The van der Waals surface area contributed by atoms with E-state index in [1.165, 1.54) is 6.92 Å². The van der Waals surface area contributed by atoms with E-state index in [1.54, 1.807) is 18.3 Å². The van der Waals surface area contributed by atoms with Crippen LogP contribution in [0, 0.1) is 13.8 Å². The Morgan fingerprint density at radius 1 is 1.24 bits per heavy atom. The average Bonchev–Trinajstić information content (AvgIpc) is 2.91. The number of alkyl halides is 3. The molecule has 3 rings (SSSR count). The van der Waals surface area contributed by atoms with Gasteiger partial charge in [-0.25, -0.2) is 0 Å². The van der Waals surface area contributed by atoms with Gasteiger partial charge < -0.3 is 5.32 Å². The van der Waals surface area contributed by atoms with Crippen LogP contribution >= 0.6 is 0 Å². The fourth-order valence-electron chi connectivity index (χ4n) is 2.56. The van der Waals surface area contributed by atoms with Gasteiger partial charge in [0.2, 0.25) is 5.91 Å². The molecule has 0 atom stereocenters. The quantitative estimate of drug-likeness (QED) is 0.785. The van der Waals surface area contributed by atoms with Crippen LogP contribution < -0.4 is 5.32 Å². The van der Waals surface area contributed by atoms with Crippen molar-refractivity contribution in [2.75, 3.05) is 5.32 Å². The molecule has 130 valence electrons. The Hall–Kier alpha value is -2.90. The molecule has 0 saturated carbocycles. The van der Waals surface area contributed by atoms with Crippen LogP contribution in [-0.2, 0) is 17.5 Å². The van der Waals surface area contributed by atoms with E-state index in [0.29, 0.717) is 5.69 Å². The summed E-state index contributed by atoms with van der Waals surface area (Å²) in [6, 6.07) is 8.06. The number of carbonyl (C=O) groups is 1. The third-order valence-corrected chi connectivity index (χ3v) is 3.81. The second-order valence-electron chi connectivity index (χ2n) is 5.70. The van der Waals surface area contributed by atoms with Crippen molar-refractivity contribution in [3.63, 3.8) is 0 Å². The summed E-state index contributed by atoms with van der Waals surface area (Å²) in [5, 5.41) is 6.94. The van der Waals surface area contributed by atoms with Gasteiger partial charge in [0, 0.05) is 17.3 Å². The first kappa shape index (κ1) is 16.9. The van der Waals surface area contributed by atoms with Crippen LogP contribution in [-0.4, -0.2) is 20.7 Å². The van der Waals surface area contributed by atoms with Crippen LogP contribution in [0.3, 0.4) is 0 Å². The molecule has 2 heterocycles. The second kappa shape index (κ2) is 6.19. The fourth-order valence-corrected chi connectivity index (χ4v) is 2.56. The number of fused-ring (bicyclic) bond motifs is 1. The summed E-state index contributed by atoms with van der Waals surface area (Å²) >= 11 is 0. The topological polar surface area (TPSA) is 59.8 Å². The molecule has 1 N–H and O–H groups in total. The number of amides is 1. The molecule has 5 nitrogen and oxygen atoms in total. The first-order valence-electron chi connectivity index (χ1n) is 7.51. The van der Waals surface area contributed by atoms with Crippen molar-refractivity contribution in [1.82, 2.24) is 14.8 Å². The standard InChI is InChI=1S/C17H15F3N4O/c1-10-5-6-13(12-4-3-7-21-16(10)12)22-15(25)9-24-11(2)8-14(23-24)17(18,19)20/h3-8H,9H2,1-2H3,(H,22,25). The normalized spacial score (nSPS) is 11.7. The molecular formula is C17H15F3N4O. The minimum atomic E-state index is -4.54. The van der Waals surface area contributed by atoms with Gasteiger partial charge >= 0.3 is 6.18 Å². The van der Waals surface area contributed by atoms with Crippen molar-refractivity contribution in [2.24, 2.45) is 0 Å². The molecule has 0 spiro atoms. The summed E-state index contributed by atoms with van der Waals surface area (Å²) in [5.41, 5.74) is 1.53. The molecular weight excluding hydrogens is 333 g/mol. The Morgan fingerprint density at radius 3 is 2.68 bits per heavy atom. The van der Waals surface area contributed by atoms with Gasteiger partial charge in [0.15, 0.2) is 5.69 Å². The smallest absolute Gasteiger partial charge is 0.324 e. The molecule has 2 aromatic heterocycles. The van der Waals surface area contributed by atoms with E-state index in [-0.39, 0.29) is 12.2 Å². The molecule has 0 bridgehead atoms. The highest BCUT2D eigenvalue weighted by molar-refractivity contribution is 6.01. The molecule has 0 saturated heterocycles. The highest BCUT2D eigenvalue weighted by atomic mass is 19.4. The molecule has 0 aliphatic rings. The lowest BCUT2D eigenvalue weighted by Gasteiger charge is -2.10. The summed E-state index contributed by atoms with van der Waals surface area (Å²) < 4.78 is 39.1. The largest absolute Gasteiger partial charge is 0.435 e. The Balaban J connectivity index is 1.83. The second-order valence-corrected chi connectivity index (χ2v) is 5.70. The fraction of sp³-hybridized carbons (Fsp3) is 0.235. The number of benzene rings is 1. The van der Waals surface area contributed by atoms with E-state index in [1.807, 2.05) is 19.1 Å². The molecule has 1 aromatic carbocycles. The van der Waals surface area contributed by atoms with Crippen LogP contribution in [0.2, 0.25) is 0 Å². The number of halogens is 3. The number of hydrogen-bond donors (Lipinski definition) is 1. The Morgan fingerprint density at radius 2 is 2.00 bits per heavy atom. The van der Waals surface area contributed by atoms with Gasteiger partial charge in [0.05, 0.1) is 11.2 Å². The van der Waals surface area contributed by atoms with Crippen molar-refractivity contribution >= 4 is 22.5 Å². The van der Waals surface area contributed by atoms with Crippen LogP contribution in [0.4, 0.5) is 18.9 Å². The van der Waals surface area contributed by atoms with Gasteiger partial charge in [0.25, 0.3) is 0 Å². The van der Waals surface area contributed by atoms with E-state index in [4.69, 9.17) is 0 Å². The number of hydrogen-bond acceptors (Lipinski definition) is 3. The molecule has 25 heavy (non-hydrogen) atoms. The van der Waals surface area contributed by atoms with Crippen molar-refractivity contribution in [3.8, 4) is 0 Å². The molecule has 0 aliphatic heterocycles. The molecule has 0 fully saturated rings. The number of rotatable bonds is 3. The van der Waals surface area contributed by atoms with Crippen LogP contribution in [0.15, 0.2) is 36.5 Å². The molecule has 0 radical (unpaired) electrons. The Labute approximate surface area is 141 Å². The molecule has 0 aliphatic carbocycles. The minimum absolute atomic E-state index is 0.262. The first-order chi connectivity index (χ1) is 11.8. The van der Waals surface area contributed by atoms with Crippen molar-refractivity contribution in [2.45, 2.75) is 26.6 Å². The van der Waals surface area contributed by atoms with Gasteiger partial charge in [-0.15, -0.1) is 0 Å². The number of anilines is 1. The molecule has 1 amide bonds. The van der Waals surface area contributed by atoms with Gasteiger partial charge in [-0.3, -0.25) is 14.5 Å². The maximum atomic E-state index is 12.7. The predicted molar refractivity (Wildman–Crippen MR) is 87.1 cm³/mol. The summed E-state index contributed by atoms with van der Waals surface area (Å²) in [4.78, 5) is 16.5. The van der Waals surface area contributed by atoms with Crippen LogP contribution in [0.25, 0.3) is 10.9 Å². The summed E-state index contributed by atoms with van der Waals surface area (Å²) in [6.45, 7) is 3.07. The van der Waals surface area contributed by atoms with E-state index < -0.39 is 17.8 Å². The van der Waals surface area contributed by atoms with E-state index in [0.717, 1.165) is 27.2 Å². The van der Waals surface area contributed by atoms with Crippen molar-refractivity contribution < 1.29 is 18.0 Å². The number of carbonyl (C=O) groups excluding carboxylic acids is 1. The van der Waals surface area contributed by atoms with Gasteiger partial charge in [-0.2, -0.15) is 18.3 Å². The third kappa shape index (κ3) is 3.47. The van der Waals surface area contributed by atoms with Crippen molar-refractivity contribution in [3.05, 3.63) is 53.5 Å². The monoisotopic (exact) mass is 348 g/mol. The zero-order valence-corrected chi connectivity index (χ0v) is 13.6. The lowest BCUT2D eigenvalue weighted by molar-refractivity contribution is -0.141. The van der Waals surface area contributed by atoms with E-state index in [9.17, 15) is 18.0 Å². The van der Waals surface area contributed by atoms with E-state index >= 15 is 0 Å². The highest BCUT2D eigenvalue weighted by Gasteiger charge is 2.34. The third-order valence-electron chi connectivity index (χ3n) is 3.81. The van der Waals surface area contributed by atoms with Crippen LogP contribution in [0.1, 0.15) is 17.0 Å². The number of pyridine rings is 1. The molecule has 0 unspecified atom stereocenters. The lowest BCUT2D eigenvalue weighted by Crippen LogP contribution is -2.21. The average molecular weight is 348 g/mol. The Kier molecular flexibility index (Phi) is 4.20. The SMILES string of the molecule is Cc1ccc(NC(=O)Cn2nc(C(F)(F)F)cc2C)c2cccnc12. The van der Waals surface area contributed by atoms with Crippen LogP contribution in [0.5, 0.6) is 0 Å². The minimum Gasteiger partial charge on any atom is -0.324 e. The number of nitrogens with zero attached hydrogens (tertiary/aromatic N) is 3. The number of aryl methyl sites for hydroxylation is 2. The zero-order chi connectivity index (χ0) is 18.2. The lowest BCUT2D eigenvalue weighted by atomic mass is 10.1. The Bertz CT molecular complexity index is 947. The van der Waals surface area contributed by atoms with Gasteiger partial charge in [-0.05, 0) is 43.7 Å². The van der Waals surface area contributed by atoms with Gasteiger partial charge in [0.1, 0.15) is 6.54 Å². The highest BCUT2D eigenvalue weighted by Crippen LogP contribution is 2.28. The summed E-state index contributed by atoms with van der Waals surface area (Å²) in [5.74, 6) is -0.464. The summed E-state index contributed by atoms with van der Waals surface area (Å²) in [6.07, 6.45) is -2.88. The predicted octanol–water partition coefficient (Wildman–Crippen LogP) is 3.71. The van der Waals surface area contributed by atoms with E-state index in [2.05, 4.69) is 15.4 Å². The molecule has 3 aromatic rings. The maximum absolute atomic E-state index is 12.7. The summed E-state index contributed by atoms with van der Waals surface area (Å²) in [7, 11) is 0. The number of aromatic nitrogens is 3. The first-order valence-corrected chi connectivity index (χ1v) is 7.51. The maximum Gasteiger partial charge on any atom is 0.435 e. The zero-order valence-electron chi connectivity index (χ0n) is 13.6.